The normalized spacial score (nSPS) is 16.7. The van der Waals surface area contributed by atoms with Crippen molar-refractivity contribution >= 4 is 33.0 Å². The van der Waals surface area contributed by atoms with Crippen LogP contribution in [0.25, 0.3) is 0 Å². The molecule has 0 saturated carbocycles. The number of ether oxygens (including phenoxy) is 1. The fourth-order valence-electron chi connectivity index (χ4n) is 1.97. The molecule has 1 aliphatic heterocycles. The molecule has 3 rings (SSSR count). The average molecular weight is 345 g/mol. The molecule has 0 bridgehead atoms. The van der Waals surface area contributed by atoms with E-state index in [2.05, 4.69) is 4.98 Å². The van der Waals surface area contributed by atoms with Crippen molar-refractivity contribution in [2.45, 2.75) is 17.9 Å². The lowest BCUT2D eigenvalue weighted by Gasteiger charge is -2.37. The molecule has 5 nitrogen and oxygen atoms in total. The highest BCUT2D eigenvalue weighted by molar-refractivity contribution is 7.89. The van der Waals surface area contributed by atoms with Crippen LogP contribution < -0.4 is 4.74 Å². The quantitative estimate of drug-likeness (QED) is 0.855. The van der Waals surface area contributed by atoms with Gasteiger partial charge in [0, 0.05) is 16.6 Å². The lowest BCUT2D eigenvalue weighted by Crippen LogP contribution is -2.55. The van der Waals surface area contributed by atoms with Crippen molar-refractivity contribution in [2.75, 3.05) is 13.1 Å². The number of nitrogens with zero attached hydrogens (tertiary/aromatic N) is 2. The van der Waals surface area contributed by atoms with Crippen LogP contribution in [0.5, 0.6) is 5.19 Å². The fourth-order valence-corrected chi connectivity index (χ4v) is 4.29. The number of sulfonamides is 1. The summed E-state index contributed by atoms with van der Waals surface area (Å²) in [7, 11) is -3.50. The number of aryl methyl sites for hydroxylation is 1. The number of rotatable bonds is 4. The van der Waals surface area contributed by atoms with Gasteiger partial charge in [-0.3, -0.25) is 0 Å². The Morgan fingerprint density at radius 3 is 2.81 bits per heavy atom. The molecule has 1 aromatic heterocycles. The number of hydrogen-bond donors (Lipinski definition) is 0. The summed E-state index contributed by atoms with van der Waals surface area (Å²) in [4.78, 5) is 4.23. The highest BCUT2D eigenvalue weighted by Crippen LogP contribution is 2.27. The van der Waals surface area contributed by atoms with Gasteiger partial charge in [-0.25, -0.2) is 13.4 Å². The summed E-state index contributed by atoms with van der Waals surface area (Å²) in [5.41, 5.74) is 0.851. The molecule has 1 aromatic carbocycles. The van der Waals surface area contributed by atoms with Crippen molar-refractivity contribution in [2.24, 2.45) is 0 Å². The smallest absolute Gasteiger partial charge is 0.273 e. The standard InChI is InChI=1S/C13H13ClN2O3S2/c1-9-2-3-11(6-12(9)14)21(17,18)16-7-10(8-16)19-13-15-4-5-20-13/h2-6,10H,7-8H2,1H3. The van der Waals surface area contributed by atoms with Crippen molar-refractivity contribution in [3.05, 3.63) is 40.4 Å². The molecule has 0 N–H and O–H groups in total. The van der Waals surface area contributed by atoms with Crippen molar-refractivity contribution < 1.29 is 13.2 Å². The zero-order chi connectivity index (χ0) is 15.0. The average Bonchev–Trinajstić information content (AvgIpc) is 2.89. The maximum Gasteiger partial charge on any atom is 0.273 e. The maximum absolute atomic E-state index is 12.4. The first-order chi connectivity index (χ1) is 9.96. The van der Waals surface area contributed by atoms with E-state index in [-0.39, 0.29) is 11.0 Å². The summed E-state index contributed by atoms with van der Waals surface area (Å²) in [6.45, 7) is 2.49. The Hall–Kier alpha value is -1.15. The molecule has 112 valence electrons. The van der Waals surface area contributed by atoms with Crippen LogP contribution in [0.15, 0.2) is 34.7 Å². The molecule has 2 aromatic rings. The molecular weight excluding hydrogens is 332 g/mol. The Morgan fingerprint density at radius 1 is 1.43 bits per heavy atom. The number of thiazole rings is 1. The van der Waals surface area contributed by atoms with Crippen LogP contribution in [0.4, 0.5) is 0 Å². The number of halogens is 1. The van der Waals surface area contributed by atoms with E-state index in [1.165, 1.54) is 21.7 Å². The molecule has 0 radical (unpaired) electrons. The van der Waals surface area contributed by atoms with Gasteiger partial charge in [-0.1, -0.05) is 29.0 Å². The van der Waals surface area contributed by atoms with E-state index < -0.39 is 10.0 Å². The Labute approximate surface area is 132 Å². The second-order valence-electron chi connectivity index (χ2n) is 4.77. The molecule has 21 heavy (non-hydrogen) atoms. The van der Waals surface area contributed by atoms with Gasteiger partial charge in [-0.15, -0.1) is 0 Å². The third-order valence-electron chi connectivity index (χ3n) is 3.27. The molecule has 0 amide bonds. The van der Waals surface area contributed by atoms with Crippen LogP contribution in [0.3, 0.4) is 0 Å². The molecule has 0 unspecified atom stereocenters. The van der Waals surface area contributed by atoms with E-state index in [0.717, 1.165) is 5.56 Å². The summed E-state index contributed by atoms with van der Waals surface area (Å²) in [5.74, 6) is 0. The van der Waals surface area contributed by atoms with Crippen LogP contribution in [-0.4, -0.2) is 36.9 Å². The SMILES string of the molecule is Cc1ccc(S(=O)(=O)N2CC(Oc3nccs3)C2)cc1Cl. The van der Waals surface area contributed by atoms with Gasteiger partial charge in [0.25, 0.3) is 5.19 Å². The number of hydrogen-bond acceptors (Lipinski definition) is 5. The van der Waals surface area contributed by atoms with E-state index in [1.54, 1.807) is 18.3 Å². The molecule has 2 heterocycles. The second kappa shape index (κ2) is 5.57. The third kappa shape index (κ3) is 2.91. The minimum atomic E-state index is -3.50. The molecule has 1 fully saturated rings. The molecule has 0 spiro atoms. The zero-order valence-corrected chi connectivity index (χ0v) is 13.6. The first-order valence-corrected chi connectivity index (χ1v) is 8.99. The predicted octanol–water partition coefficient (Wildman–Crippen LogP) is 2.56. The van der Waals surface area contributed by atoms with Gasteiger partial charge in [0.15, 0.2) is 0 Å². The van der Waals surface area contributed by atoms with Crippen LogP contribution >= 0.6 is 22.9 Å². The predicted molar refractivity (Wildman–Crippen MR) is 81.5 cm³/mol. The first-order valence-electron chi connectivity index (χ1n) is 6.29. The Kier molecular flexibility index (Phi) is 3.92. The Bertz CT molecular complexity index is 741. The van der Waals surface area contributed by atoms with Crippen molar-refractivity contribution in [3.63, 3.8) is 0 Å². The van der Waals surface area contributed by atoms with Crippen LogP contribution in [0.1, 0.15) is 5.56 Å². The summed E-state index contributed by atoms with van der Waals surface area (Å²) >= 11 is 7.39. The van der Waals surface area contributed by atoms with Crippen molar-refractivity contribution in [3.8, 4) is 5.19 Å². The largest absolute Gasteiger partial charge is 0.464 e. The highest BCUT2D eigenvalue weighted by Gasteiger charge is 2.38. The van der Waals surface area contributed by atoms with Gasteiger partial charge in [-0.2, -0.15) is 4.31 Å². The minimum absolute atomic E-state index is 0.146. The van der Waals surface area contributed by atoms with Crippen LogP contribution in [0, 0.1) is 6.92 Å². The highest BCUT2D eigenvalue weighted by atomic mass is 35.5. The Morgan fingerprint density at radius 2 is 2.19 bits per heavy atom. The molecule has 8 heteroatoms. The molecule has 0 atom stereocenters. The van der Waals surface area contributed by atoms with Gasteiger partial charge < -0.3 is 4.74 Å². The molecule has 1 aliphatic rings. The van der Waals surface area contributed by atoms with Gasteiger partial charge in [-0.05, 0) is 24.6 Å². The van der Waals surface area contributed by atoms with Crippen molar-refractivity contribution in [1.29, 1.82) is 0 Å². The summed E-state index contributed by atoms with van der Waals surface area (Å²) in [5, 5.41) is 2.83. The summed E-state index contributed by atoms with van der Waals surface area (Å²) in [6.07, 6.45) is 1.51. The fraction of sp³-hybridized carbons (Fsp3) is 0.308. The minimum Gasteiger partial charge on any atom is -0.464 e. The Balaban J connectivity index is 1.68. The second-order valence-corrected chi connectivity index (χ2v) is 7.97. The van der Waals surface area contributed by atoms with Gasteiger partial charge in [0.2, 0.25) is 10.0 Å². The topological polar surface area (TPSA) is 59.5 Å². The molecule has 0 aliphatic carbocycles. The van der Waals surface area contributed by atoms with E-state index in [9.17, 15) is 8.42 Å². The third-order valence-corrected chi connectivity index (χ3v) is 6.17. The molecular formula is C13H13ClN2O3S2. The number of aromatic nitrogens is 1. The van der Waals surface area contributed by atoms with Crippen molar-refractivity contribution in [1.82, 2.24) is 9.29 Å². The lowest BCUT2D eigenvalue weighted by molar-refractivity contribution is 0.0759. The van der Waals surface area contributed by atoms with Gasteiger partial charge in [0.05, 0.1) is 18.0 Å². The zero-order valence-electron chi connectivity index (χ0n) is 11.2. The molecule has 1 saturated heterocycles. The lowest BCUT2D eigenvalue weighted by atomic mass is 10.2. The number of benzene rings is 1. The monoisotopic (exact) mass is 344 g/mol. The van der Waals surface area contributed by atoms with Gasteiger partial charge >= 0.3 is 0 Å². The van der Waals surface area contributed by atoms with E-state index in [4.69, 9.17) is 16.3 Å². The van der Waals surface area contributed by atoms with E-state index >= 15 is 0 Å². The van der Waals surface area contributed by atoms with Crippen LogP contribution in [-0.2, 0) is 10.0 Å². The first kappa shape index (κ1) is 14.8. The summed E-state index contributed by atoms with van der Waals surface area (Å²) < 4.78 is 31.8. The van der Waals surface area contributed by atoms with E-state index in [0.29, 0.717) is 23.3 Å². The van der Waals surface area contributed by atoms with Crippen LogP contribution in [0.2, 0.25) is 5.02 Å². The maximum atomic E-state index is 12.4. The summed E-state index contributed by atoms with van der Waals surface area (Å²) in [6, 6.07) is 4.77. The van der Waals surface area contributed by atoms with E-state index in [1.807, 2.05) is 12.3 Å². The van der Waals surface area contributed by atoms with Gasteiger partial charge in [0.1, 0.15) is 6.10 Å².